The third kappa shape index (κ3) is 4.58. The number of hydrogen-bond donors (Lipinski definition) is 1. The molecule has 0 saturated heterocycles. The van der Waals surface area contributed by atoms with E-state index in [4.69, 9.17) is 21.1 Å². The molecule has 3 aromatic rings. The number of para-hydroxylation sites is 2. The maximum atomic E-state index is 12.6. The topological polar surface area (TPSA) is 109 Å². The fourth-order valence-corrected chi connectivity index (χ4v) is 2.85. The average Bonchev–Trinajstić information content (AvgIpc) is 3.05. The number of nitrogens with one attached hydrogen (secondary N) is 1. The van der Waals surface area contributed by atoms with Crippen molar-refractivity contribution in [2.24, 2.45) is 0 Å². The summed E-state index contributed by atoms with van der Waals surface area (Å²) in [5.41, 5.74) is 0.937. The van der Waals surface area contributed by atoms with Gasteiger partial charge in [-0.25, -0.2) is 0 Å². The maximum Gasteiger partial charge on any atom is 0.311 e. The van der Waals surface area contributed by atoms with E-state index in [1.807, 2.05) is 0 Å². The van der Waals surface area contributed by atoms with Crippen LogP contribution in [0.2, 0.25) is 5.02 Å². The fourth-order valence-electron chi connectivity index (χ4n) is 2.72. The lowest BCUT2D eigenvalue weighted by molar-refractivity contribution is -0.385. The Bertz CT molecular complexity index is 1070. The van der Waals surface area contributed by atoms with Crippen LogP contribution in [0.4, 0.5) is 5.69 Å². The Hall–Kier alpha value is -3.43. The molecule has 0 fully saturated rings. The van der Waals surface area contributed by atoms with E-state index in [0.29, 0.717) is 29.4 Å². The Morgan fingerprint density at radius 1 is 1.23 bits per heavy atom. The molecule has 10 heteroatoms. The van der Waals surface area contributed by atoms with E-state index in [2.05, 4.69) is 10.4 Å². The quantitative estimate of drug-likeness (QED) is 0.329. The Morgan fingerprint density at radius 3 is 2.60 bits per heavy atom. The minimum absolute atomic E-state index is 0.0343. The number of carbonyl (C=O) groups excluding carboxylic acids is 1. The Balaban J connectivity index is 2.07. The van der Waals surface area contributed by atoms with Crippen molar-refractivity contribution >= 4 is 23.2 Å². The van der Waals surface area contributed by atoms with Gasteiger partial charge in [0.15, 0.2) is 5.69 Å². The van der Waals surface area contributed by atoms with E-state index in [-0.39, 0.29) is 23.0 Å². The summed E-state index contributed by atoms with van der Waals surface area (Å²) < 4.78 is 12.2. The van der Waals surface area contributed by atoms with Gasteiger partial charge in [-0.15, -0.1) is 0 Å². The van der Waals surface area contributed by atoms with Crippen molar-refractivity contribution in [1.82, 2.24) is 15.1 Å². The highest BCUT2D eigenvalue weighted by Crippen LogP contribution is 2.35. The molecular formula is C20H19ClN4O5. The number of nitrogens with zero attached hydrogens (tertiary/aromatic N) is 3. The highest BCUT2D eigenvalue weighted by Gasteiger charge is 2.25. The molecule has 9 nitrogen and oxygen atoms in total. The summed E-state index contributed by atoms with van der Waals surface area (Å²) >= 11 is 5.97. The molecule has 1 aromatic heterocycles. The van der Waals surface area contributed by atoms with Crippen LogP contribution < -0.4 is 10.1 Å². The molecule has 0 saturated carbocycles. The summed E-state index contributed by atoms with van der Waals surface area (Å²) in [6.45, 7) is 2.32. The minimum atomic E-state index is -0.536. The van der Waals surface area contributed by atoms with Gasteiger partial charge in [-0.3, -0.25) is 14.9 Å². The molecule has 0 unspecified atom stereocenters. The van der Waals surface area contributed by atoms with E-state index in [1.54, 1.807) is 43.3 Å². The first-order chi connectivity index (χ1) is 14.4. The van der Waals surface area contributed by atoms with Crippen molar-refractivity contribution in [3.63, 3.8) is 0 Å². The number of aromatic nitrogens is 2. The van der Waals surface area contributed by atoms with Gasteiger partial charge >= 0.3 is 5.69 Å². The summed E-state index contributed by atoms with van der Waals surface area (Å²) in [7, 11) is 1.53. The summed E-state index contributed by atoms with van der Waals surface area (Å²) in [6.07, 6.45) is 0. The van der Waals surface area contributed by atoms with Crippen LogP contribution in [0.3, 0.4) is 0 Å². The van der Waals surface area contributed by atoms with Gasteiger partial charge in [0.25, 0.3) is 5.91 Å². The monoisotopic (exact) mass is 430 g/mol. The smallest absolute Gasteiger partial charge is 0.311 e. The van der Waals surface area contributed by atoms with Crippen molar-refractivity contribution < 1.29 is 19.2 Å². The zero-order valence-electron chi connectivity index (χ0n) is 16.3. The number of nitro benzene ring substituents is 1. The first kappa shape index (κ1) is 21.3. The third-order valence-electron chi connectivity index (χ3n) is 4.21. The summed E-state index contributed by atoms with van der Waals surface area (Å²) in [4.78, 5) is 23.4. The SMILES string of the molecule is COCCNC(=O)c1nn(-c2ccc(Cl)cc2)c(Oc2ccccc2[N+](=O)[O-])c1C. The molecule has 2 aromatic carbocycles. The van der Waals surface area contributed by atoms with Gasteiger partial charge in [0.2, 0.25) is 11.6 Å². The molecule has 0 aliphatic rings. The fraction of sp³-hybridized carbons (Fsp3) is 0.200. The van der Waals surface area contributed by atoms with E-state index >= 15 is 0 Å². The predicted molar refractivity (Wildman–Crippen MR) is 111 cm³/mol. The molecule has 0 atom stereocenters. The van der Waals surface area contributed by atoms with Crippen molar-refractivity contribution in [3.8, 4) is 17.3 Å². The van der Waals surface area contributed by atoms with Gasteiger partial charge in [-0.05, 0) is 37.3 Å². The molecule has 3 rings (SSSR count). The summed E-state index contributed by atoms with van der Waals surface area (Å²) in [5, 5.41) is 19.0. The van der Waals surface area contributed by atoms with Crippen molar-refractivity contribution in [2.75, 3.05) is 20.3 Å². The maximum absolute atomic E-state index is 12.6. The van der Waals surface area contributed by atoms with Crippen molar-refractivity contribution in [2.45, 2.75) is 6.92 Å². The zero-order chi connectivity index (χ0) is 21.7. The van der Waals surface area contributed by atoms with Crippen LogP contribution in [0.5, 0.6) is 11.6 Å². The van der Waals surface area contributed by atoms with Gasteiger partial charge in [0.1, 0.15) is 0 Å². The number of nitro groups is 1. The number of hydrogen-bond acceptors (Lipinski definition) is 6. The number of halogens is 1. The lowest BCUT2D eigenvalue weighted by Crippen LogP contribution is -2.27. The first-order valence-electron chi connectivity index (χ1n) is 8.96. The number of rotatable bonds is 8. The molecule has 0 aliphatic carbocycles. The third-order valence-corrected chi connectivity index (χ3v) is 4.47. The standard InChI is InChI=1S/C20H19ClN4O5/c1-13-18(19(26)22-11-12-29-2)23-24(15-9-7-14(21)8-10-15)20(13)30-17-6-4-3-5-16(17)25(27)28/h3-10H,11-12H2,1-2H3,(H,22,26). The van der Waals surface area contributed by atoms with Crippen molar-refractivity contribution in [3.05, 3.63) is 74.9 Å². The van der Waals surface area contributed by atoms with Gasteiger partial charge in [0, 0.05) is 30.3 Å². The highest BCUT2D eigenvalue weighted by molar-refractivity contribution is 6.30. The van der Waals surface area contributed by atoms with Crippen LogP contribution in [-0.2, 0) is 4.74 Å². The largest absolute Gasteiger partial charge is 0.431 e. The average molecular weight is 431 g/mol. The van der Waals surface area contributed by atoms with E-state index in [9.17, 15) is 14.9 Å². The second-order valence-electron chi connectivity index (χ2n) is 6.24. The lowest BCUT2D eigenvalue weighted by atomic mass is 10.2. The molecule has 0 bridgehead atoms. The van der Waals surface area contributed by atoms with Crippen LogP contribution in [-0.4, -0.2) is 40.9 Å². The molecule has 1 amide bonds. The molecular weight excluding hydrogens is 412 g/mol. The summed E-state index contributed by atoms with van der Waals surface area (Å²) in [5.74, 6) is -0.194. The number of carbonyl (C=O) groups is 1. The van der Waals surface area contributed by atoms with Crippen molar-refractivity contribution in [1.29, 1.82) is 0 Å². The number of benzene rings is 2. The van der Waals surface area contributed by atoms with Crippen LogP contribution in [0.1, 0.15) is 16.1 Å². The number of amides is 1. The lowest BCUT2D eigenvalue weighted by Gasteiger charge is -2.10. The van der Waals surface area contributed by atoms with Crippen LogP contribution in [0.15, 0.2) is 48.5 Å². The zero-order valence-corrected chi connectivity index (χ0v) is 17.0. The predicted octanol–water partition coefficient (Wildman–Crippen LogP) is 3.91. The molecule has 0 radical (unpaired) electrons. The normalized spacial score (nSPS) is 10.6. The van der Waals surface area contributed by atoms with Crippen LogP contribution >= 0.6 is 11.6 Å². The van der Waals surface area contributed by atoms with E-state index < -0.39 is 10.8 Å². The second-order valence-corrected chi connectivity index (χ2v) is 6.68. The van der Waals surface area contributed by atoms with Gasteiger partial charge in [0.05, 0.1) is 17.2 Å². The Kier molecular flexibility index (Phi) is 6.65. The van der Waals surface area contributed by atoms with Crippen LogP contribution in [0, 0.1) is 17.0 Å². The van der Waals surface area contributed by atoms with Gasteiger partial charge in [-0.2, -0.15) is 9.78 Å². The van der Waals surface area contributed by atoms with Crippen LogP contribution in [0.25, 0.3) is 5.69 Å². The van der Waals surface area contributed by atoms with E-state index in [0.717, 1.165) is 0 Å². The minimum Gasteiger partial charge on any atom is -0.431 e. The van der Waals surface area contributed by atoms with Gasteiger partial charge < -0.3 is 14.8 Å². The highest BCUT2D eigenvalue weighted by atomic mass is 35.5. The molecule has 156 valence electrons. The Morgan fingerprint density at radius 2 is 1.93 bits per heavy atom. The molecule has 1 heterocycles. The molecule has 30 heavy (non-hydrogen) atoms. The molecule has 0 spiro atoms. The molecule has 0 aliphatic heterocycles. The van der Waals surface area contributed by atoms with Gasteiger partial charge in [-0.1, -0.05) is 23.7 Å². The number of ether oxygens (including phenoxy) is 2. The second kappa shape index (κ2) is 9.38. The van der Waals surface area contributed by atoms with E-state index in [1.165, 1.54) is 23.9 Å². The summed E-state index contributed by atoms with van der Waals surface area (Å²) in [6, 6.07) is 12.7. The molecule has 1 N–H and O–H groups in total. The Labute approximate surface area is 177 Å². The first-order valence-corrected chi connectivity index (χ1v) is 9.34. The number of methoxy groups -OCH3 is 1.